The van der Waals surface area contributed by atoms with Crippen molar-refractivity contribution in [2.75, 3.05) is 0 Å². The summed E-state index contributed by atoms with van der Waals surface area (Å²) in [5.74, 6) is 1.50. The number of hydrogen-bond donors (Lipinski definition) is 0. The van der Waals surface area contributed by atoms with Crippen molar-refractivity contribution in [1.29, 1.82) is 0 Å². The fourth-order valence-electron chi connectivity index (χ4n) is 8.32. The molecule has 4 aliphatic carbocycles. The molecule has 59 heavy (non-hydrogen) atoms. The van der Waals surface area contributed by atoms with E-state index in [0.717, 1.165) is 24.7 Å². The average Bonchev–Trinajstić information content (AvgIpc) is 3.84. The van der Waals surface area contributed by atoms with Crippen molar-refractivity contribution in [2.24, 2.45) is 11.8 Å². The van der Waals surface area contributed by atoms with E-state index >= 15 is 0 Å². The Bertz CT molecular complexity index is 2140. The van der Waals surface area contributed by atoms with Crippen LogP contribution >= 0.6 is 0 Å². The molecular weight excluding hydrogens is 872 g/mol. The summed E-state index contributed by atoms with van der Waals surface area (Å²) >= 11 is 1.29. The molecule has 0 nitrogen and oxygen atoms in total. The van der Waals surface area contributed by atoms with Crippen LogP contribution in [-0.4, -0.2) is 11.6 Å². The Hall–Kier alpha value is -2.69. The van der Waals surface area contributed by atoms with Gasteiger partial charge in [0.25, 0.3) is 0 Å². The summed E-state index contributed by atoms with van der Waals surface area (Å²) in [6.07, 6.45) is 28.3. The second-order valence-electron chi connectivity index (χ2n) is 16.1. The number of alkyl halides is 3. The Labute approximate surface area is 378 Å². The topological polar surface area (TPSA) is 0 Å². The minimum absolute atomic E-state index is 0. The molecule has 0 bridgehead atoms. The Morgan fingerprint density at radius 2 is 1.00 bits per heavy atom. The first-order chi connectivity index (χ1) is 27.6. The predicted octanol–water partition coefficient (Wildman–Crippen LogP) is 5.86. The number of hydrogen-bond acceptors (Lipinski definition) is 0. The SMILES string of the molecule is CCc1ccc(-c2cccc3c2=CC(=CC2CCCCC2)[C-]=3)cc1.CCc1ccc(-c2cccc3c2=CC(=CC2CCCCC2)[C-]=3)cc1.C[Si](=[Zr+2])CCC(F)(F)F.[Cl-].[Cl-]. The van der Waals surface area contributed by atoms with E-state index < -0.39 is 18.0 Å². The van der Waals surface area contributed by atoms with Gasteiger partial charge < -0.3 is 24.8 Å². The van der Waals surface area contributed by atoms with Gasteiger partial charge in [-0.2, -0.15) is 0 Å². The first kappa shape index (κ1) is 49.0. The maximum atomic E-state index is 11.4. The predicted molar refractivity (Wildman–Crippen MR) is 233 cm³/mol. The molecule has 0 atom stereocenters. The van der Waals surface area contributed by atoms with E-state index in [1.54, 1.807) is 0 Å². The monoisotopic (exact) mass is 926 g/mol. The van der Waals surface area contributed by atoms with Gasteiger partial charge in [0.05, 0.1) is 0 Å². The summed E-state index contributed by atoms with van der Waals surface area (Å²) in [6, 6.07) is 31.6. The third-order valence-corrected chi connectivity index (χ3v) is 14.5. The first-order valence-corrected chi connectivity index (χ1v) is 27.2. The molecule has 2 saturated carbocycles. The fraction of sp³-hybridized carbons (Fsp3) is 0.385. The minimum Gasteiger partial charge on any atom is -1.00 e. The minimum atomic E-state index is -3.93. The van der Waals surface area contributed by atoms with Gasteiger partial charge in [-0.15, -0.1) is 80.6 Å². The summed E-state index contributed by atoms with van der Waals surface area (Å²) in [6.45, 7) is 6.33. The molecule has 0 radical (unpaired) electrons. The number of fused-ring (bicyclic) bond motifs is 2. The molecule has 4 aromatic carbocycles. The molecule has 4 aliphatic rings. The molecule has 0 heterocycles. The Morgan fingerprint density at radius 1 is 0.610 bits per heavy atom. The standard InChI is InChI=1S/2C24H25.C4H7F3Si.2ClH.Zr/c2*1-2-18-11-13-21(14-12-18)23-10-6-9-22-16-20(17-24(22)23)15-19-7-4-3-5-8-19;1-8-3-2-4(5,6)7;;;/h2*6,9-15,17,19H,2-5,7-8H2,1H3;2-3H2,1H3;2*1H;/q2*-1;;;;+2/p-2. The number of aryl methyl sites for hydroxylation is 2. The summed E-state index contributed by atoms with van der Waals surface area (Å²) < 4.78 is 34.3. The van der Waals surface area contributed by atoms with Gasteiger partial charge in [-0.1, -0.05) is 162 Å². The zero-order chi connectivity index (χ0) is 40.2. The van der Waals surface area contributed by atoms with Crippen LogP contribution in [0.15, 0.2) is 108 Å². The average molecular weight is 929 g/mol. The van der Waals surface area contributed by atoms with Crippen LogP contribution in [-0.2, 0) is 36.2 Å². The molecule has 0 unspecified atom stereocenters. The summed E-state index contributed by atoms with van der Waals surface area (Å²) in [5.41, 5.74) is 10.0. The number of benzene rings is 4. The summed E-state index contributed by atoms with van der Waals surface area (Å²) in [4.78, 5) is 0. The van der Waals surface area contributed by atoms with E-state index in [0.29, 0.717) is 6.04 Å². The van der Waals surface area contributed by atoms with E-state index in [1.165, 1.54) is 153 Å². The van der Waals surface area contributed by atoms with Crippen molar-refractivity contribution < 1.29 is 61.3 Å². The van der Waals surface area contributed by atoms with E-state index in [9.17, 15) is 13.2 Å². The van der Waals surface area contributed by atoms with E-state index in [2.05, 4.69) is 135 Å². The van der Waals surface area contributed by atoms with Crippen molar-refractivity contribution in [3.05, 3.63) is 140 Å². The molecule has 8 rings (SSSR count). The van der Waals surface area contributed by atoms with E-state index in [-0.39, 0.29) is 24.8 Å². The zero-order valence-electron chi connectivity index (χ0n) is 34.8. The van der Waals surface area contributed by atoms with Crippen molar-refractivity contribution in [3.63, 3.8) is 0 Å². The summed E-state index contributed by atoms with van der Waals surface area (Å²) in [5, 5.41) is 5.16. The van der Waals surface area contributed by atoms with Gasteiger partial charge in [0.2, 0.25) is 0 Å². The van der Waals surface area contributed by atoms with Crippen LogP contribution in [0, 0.1) is 11.8 Å². The molecule has 0 N–H and O–H groups in total. The number of halogens is 5. The maximum absolute atomic E-state index is 11.4. The van der Waals surface area contributed by atoms with Gasteiger partial charge in [0.1, 0.15) is 0 Å². The van der Waals surface area contributed by atoms with Gasteiger partial charge in [-0.05, 0) is 46.9 Å². The fourth-order valence-corrected chi connectivity index (χ4v) is 9.90. The molecule has 0 amide bonds. The van der Waals surface area contributed by atoms with Crippen molar-refractivity contribution in [2.45, 2.75) is 116 Å². The third-order valence-electron chi connectivity index (χ3n) is 11.6. The Kier molecular flexibility index (Phi) is 20.0. The molecule has 2 fully saturated rings. The molecule has 0 spiro atoms. The van der Waals surface area contributed by atoms with Crippen LogP contribution < -0.4 is 45.7 Å². The zero-order valence-corrected chi connectivity index (χ0v) is 39.8. The second kappa shape index (κ2) is 24.1. The van der Waals surface area contributed by atoms with Gasteiger partial charge in [-0.25, -0.2) is 0 Å². The third kappa shape index (κ3) is 14.7. The largest absolute Gasteiger partial charge is 1.00 e. The molecule has 0 aliphatic heterocycles. The number of rotatable bonds is 8. The number of allylic oxidation sites excluding steroid dienone is 4. The van der Waals surface area contributed by atoms with Gasteiger partial charge in [-0.3, -0.25) is 0 Å². The van der Waals surface area contributed by atoms with Gasteiger partial charge in [0.15, 0.2) is 0 Å². The normalized spacial score (nSPS) is 17.2. The van der Waals surface area contributed by atoms with Crippen molar-refractivity contribution in [3.8, 4) is 22.3 Å². The van der Waals surface area contributed by atoms with Crippen LogP contribution in [0.4, 0.5) is 13.2 Å². The molecule has 7 heteroatoms. The second-order valence-corrected chi connectivity index (χ2v) is 24.5. The summed E-state index contributed by atoms with van der Waals surface area (Å²) in [7, 11) is 0. The van der Waals surface area contributed by atoms with Gasteiger partial charge >= 0.3 is 67.1 Å². The van der Waals surface area contributed by atoms with Crippen LogP contribution in [0.3, 0.4) is 0 Å². The maximum Gasteiger partial charge on any atom is -1.00 e. The molecular formula is C52H57Cl2F3SiZr-2. The van der Waals surface area contributed by atoms with E-state index in [4.69, 9.17) is 0 Å². The van der Waals surface area contributed by atoms with Crippen LogP contribution in [0.5, 0.6) is 0 Å². The Balaban J connectivity index is 0.000000211. The van der Waals surface area contributed by atoms with Gasteiger partial charge in [0, 0.05) is 0 Å². The van der Waals surface area contributed by atoms with Crippen LogP contribution in [0.1, 0.15) is 95.6 Å². The quantitative estimate of drug-likeness (QED) is 0.154. The van der Waals surface area contributed by atoms with Crippen LogP contribution in [0.2, 0.25) is 12.6 Å². The van der Waals surface area contributed by atoms with Crippen LogP contribution in [0.25, 0.3) is 46.6 Å². The molecule has 0 aromatic heterocycles. The smallest absolute Gasteiger partial charge is 1.00 e. The van der Waals surface area contributed by atoms with E-state index in [1.807, 2.05) is 6.55 Å². The Morgan fingerprint density at radius 3 is 1.32 bits per heavy atom. The van der Waals surface area contributed by atoms with Crippen molar-refractivity contribution >= 4 is 29.7 Å². The molecule has 4 aromatic rings. The first-order valence-electron chi connectivity index (χ1n) is 21.3. The molecule has 0 saturated heterocycles. The van der Waals surface area contributed by atoms with Crippen molar-refractivity contribution in [1.82, 2.24) is 0 Å². The molecule has 310 valence electrons.